The first kappa shape index (κ1) is 16.8. The van der Waals surface area contributed by atoms with Crippen molar-refractivity contribution in [1.29, 1.82) is 0 Å². The van der Waals surface area contributed by atoms with Gasteiger partial charge in [0.15, 0.2) is 0 Å². The Labute approximate surface area is 138 Å². The van der Waals surface area contributed by atoms with Gasteiger partial charge in [0, 0.05) is 31.4 Å². The average molecular weight is 339 g/mol. The quantitative estimate of drug-likeness (QED) is 0.860. The van der Waals surface area contributed by atoms with E-state index in [0.29, 0.717) is 12.8 Å². The van der Waals surface area contributed by atoms with Crippen LogP contribution >= 0.6 is 0 Å². The molecule has 0 spiro atoms. The van der Waals surface area contributed by atoms with Gasteiger partial charge in [0.2, 0.25) is 5.91 Å². The Morgan fingerprint density at radius 2 is 1.83 bits per heavy atom. The number of rotatable bonds is 5. The lowest BCUT2D eigenvalue weighted by Gasteiger charge is -2.36. The fourth-order valence-electron chi connectivity index (χ4n) is 3.25. The van der Waals surface area contributed by atoms with Crippen molar-refractivity contribution in [2.24, 2.45) is 5.41 Å². The van der Waals surface area contributed by atoms with Gasteiger partial charge in [-0.1, -0.05) is 6.07 Å². The molecule has 0 aromatic heterocycles. The van der Waals surface area contributed by atoms with Crippen molar-refractivity contribution in [1.82, 2.24) is 5.32 Å². The highest BCUT2D eigenvalue weighted by molar-refractivity contribution is 5.89. The van der Waals surface area contributed by atoms with Gasteiger partial charge in [-0.15, -0.1) is 0 Å². The van der Waals surface area contributed by atoms with Crippen LogP contribution in [0.4, 0.5) is 8.78 Å². The second-order valence-corrected chi connectivity index (χ2v) is 6.59. The van der Waals surface area contributed by atoms with Crippen molar-refractivity contribution >= 4 is 11.9 Å². The molecule has 1 aromatic rings. The lowest BCUT2D eigenvalue weighted by molar-refractivity contribution is -0.143. The number of benzene rings is 1. The lowest BCUT2D eigenvalue weighted by Crippen LogP contribution is -2.50. The predicted molar refractivity (Wildman–Crippen MR) is 80.4 cm³/mol. The van der Waals surface area contributed by atoms with Crippen molar-refractivity contribution < 1.29 is 28.2 Å². The summed E-state index contributed by atoms with van der Waals surface area (Å²) in [6.07, 6.45) is 1.57. The maximum absolute atomic E-state index is 14.3. The third-order valence-corrected chi connectivity index (χ3v) is 5.12. The first-order valence-corrected chi connectivity index (χ1v) is 7.95. The Morgan fingerprint density at radius 3 is 2.38 bits per heavy atom. The van der Waals surface area contributed by atoms with E-state index in [0.717, 1.165) is 12.1 Å². The molecular weight excluding hydrogens is 320 g/mol. The summed E-state index contributed by atoms with van der Waals surface area (Å²) < 4.78 is 32.8. The number of carboxylic acids is 1. The molecular formula is C17H19F2NO4. The standard InChI is InChI=1S/C17H19F2NO4/c18-11-1-2-12(13(19)9-11)17(5-7-24-8-6-17)14(21)20-10-16(3-4-16)15(22)23/h1-2,9H,3-8,10H2,(H,20,21)(H,22,23). The molecule has 2 fully saturated rings. The maximum Gasteiger partial charge on any atom is 0.311 e. The van der Waals surface area contributed by atoms with Crippen molar-refractivity contribution in [3.63, 3.8) is 0 Å². The van der Waals surface area contributed by atoms with Crippen LogP contribution in [0.3, 0.4) is 0 Å². The fourth-order valence-corrected chi connectivity index (χ4v) is 3.25. The predicted octanol–water partition coefficient (Wildman–Crippen LogP) is 1.99. The van der Waals surface area contributed by atoms with Crippen LogP contribution in [0.15, 0.2) is 18.2 Å². The molecule has 1 aliphatic carbocycles. The molecule has 1 amide bonds. The van der Waals surface area contributed by atoms with Crippen LogP contribution in [0.5, 0.6) is 0 Å². The normalized spacial score (nSPS) is 21.1. The van der Waals surface area contributed by atoms with Gasteiger partial charge in [-0.25, -0.2) is 8.78 Å². The molecule has 1 saturated carbocycles. The van der Waals surface area contributed by atoms with E-state index in [-0.39, 0.29) is 38.2 Å². The summed E-state index contributed by atoms with van der Waals surface area (Å²) in [7, 11) is 0. The van der Waals surface area contributed by atoms with Gasteiger partial charge in [0.05, 0.1) is 10.8 Å². The number of carboxylic acid groups (broad SMARTS) is 1. The number of carbonyl (C=O) groups excluding carboxylic acids is 1. The molecule has 24 heavy (non-hydrogen) atoms. The second-order valence-electron chi connectivity index (χ2n) is 6.59. The summed E-state index contributed by atoms with van der Waals surface area (Å²) in [5.41, 5.74) is -1.93. The third kappa shape index (κ3) is 2.88. The van der Waals surface area contributed by atoms with Gasteiger partial charge in [-0.2, -0.15) is 0 Å². The minimum absolute atomic E-state index is 0.0204. The molecule has 2 aliphatic rings. The van der Waals surface area contributed by atoms with Gasteiger partial charge in [-0.05, 0) is 31.7 Å². The number of halogens is 2. The number of carbonyl (C=O) groups is 2. The number of nitrogens with one attached hydrogen (secondary N) is 1. The van der Waals surface area contributed by atoms with Gasteiger partial charge < -0.3 is 15.2 Å². The molecule has 1 saturated heterocycles. The molecule has 0 unspecified atom stereocenters. The molecule has 3 rings (SSSR count). The molecule has 130 valence electrons. The van der Waals surface area contributed by atoms with Crippen LogP contribution in [0.2, 0.25) is 0 Å². The van der Waals surface area contributed by atoms with E-state index in [2.05, 4.69) is 5.32 Å². The molecule has 0 bridgehead atoms. The Bertz CT molecular complexity index is 667. The zero-order valence-corrected chi connectivity index (χ0v) is 13.1. The fraction of sp³-hybridized carbons (Fsp3) is 0.529. The number of aliphatic carboxylic acids is 1. The van der Waals surface area contributed by atoms with Crippen molar-refractivity contribution in [3.05, 3.63) is 35.4 Å². The van der Waals surface area contributed by atoms with Crippen LogP contribution < -0.4 is 5.32 Å². The molecule has 1 aliphatic heterocycles. The topological polar surface area (TPSA) is 75.6 Å². The average Bonchev–Trinajstić information content (AvgIpc) is 3.34. The van der Waals surface area contributed by atoms with E-state index >= 15 is 0 Å². The van der Waals surface area contributed by atoms with Gasteiger partial charge in [0.1, 0.15) is 11.6 Å². The van der Waals surface area contributed by atoms with E-state index in [1.807, 2.05) is 0 Å². The van der Waals surface area contributed by atoms with Crippen LogP contribution in [-0.2, 0) is 19.7 Å². The smallest absolute Gasteiger partial charge is 0.311 e. The first-order valence-electron chi connectivity index (χ1n) is 7.95. The van der Waals surface area contributed by atoms with Gasteiger partial charge >= 0.3 is 5.97 Å². The zero-order valence-electron chi connectivity index (χ0n) is 13.1. The highest BCUT2D eigenvalue weighted by Crippen LogP contribution is 2.45. The summed E-state index contributed by atoms with van der Waals surface area (Å²) in [5, 5.41) is 11.9. The van der Waals surface area contributed by atoms with Crippen LogP contribution in [0, 0.1) is 17.0 Å². The maximum atomic E-state index is 14.3. The monoisotopic (exact) mass is 339 g/mol. The van der Waals surface area contributed by atoms with Crippen molar-refractivity contribution in [2.45, 2.75) is 31.1 Å². The SMILES string of the molecule is O=C(O)C1(CNC(=O)C2(c3ccc(F)cc3F)CCOCC2)CC1. The van der Waals surface area contributed by atoms with Crippen LogP contribution in [0.1, 0.15) is 31.2 Å². The summed E-state index contributed by atoms with van der Waals surface area (Å²) in [4.78, 5) is 24.1. The Balaban J connectivity index is 1.85. The van der Waals surface area contributed by atoms with E-state index in [1.165, 1.54) is 6.07 Å². The third-order valence-electron chi connectivity index (χ3n) is 5.12. The number of amides is 1. The van der Waals surface area contributed by atoms with Gasteiger partial charge in [0.25, 0.3) is 0 Å². The van der Waals surface area contributed by atoms with E-state index in [1.54, 1.807) is 0 Å². The summed E-state index contributed by atoms with van der Waals surface area (Å²) >= 11 is 0. The molecule has 7 heteroatoms. The summed E-state index contributed by atoms with van der Waals surface area (Å²) in [5.74, 6) is -2.84. The molecule has 2 N–H and O–H groups in total. The summed E-state index contributed by atoms with van der Waals surface area (Å²) in [6, 6.07) is 3.18. The summed E-state index contributed by atoms with van der Waals surface area (Å²) in [6.45, 7) is 0.592. The largest absolute Gasteiger partial charge is 0.481 e. The van der Waals surface area contributed by atoms with Gasteiger partial charge in [-0.3, -0.25) is 9.59 Å². The Hall–Kier alpha value is -2.02. The van der Waals surface area contributed by atoms with E-state index in [4.69, 9.17) is 4.74 Å². The van der Waals surface area contributed by atoms with Crippen molar-refractivity contribution in [3.8, 4) is 0 Å². The minimum Gasteiger partial charge on any atom is -0.481 e. The highest BCUT2D eigenvalue weighted by Gasteiger charge is 2.51. The van der Waals surface area contributed by atoms with Crippen LogP contribution in [-0.4, -0.2) is 36.7 Å². The second kappa shape index (κ2) is 6.12. The van der Waals surface area contributed by atoms with E-state index < -0.39 is 34.3 Å². The lowest BCUT2D eigenvalue weighted by atomic mass is 9.73. The Kier molecular flexibility index (Phi) is 4.29. The number of hydrogen-bond donors (Lipinski definition) is 2. The molecule has 1 heterocycles. The van der Waals surface area contributed by atoms with E-state index in [9.17, 15) is 23.5 Å². The highest BCUT2D eigenvalue weighted by atomic mass is 19.1. The number of hydrogen-bond acceptors (Lipinski definition) is 3. The molecule has 0 radical (unpaired) electrons. The van der Waals surface area contributed by atoms with Crippen molar-refractivity contribution in [2.75, 3.05) is 19.8 Å². The molecule has 5 nitrogen and oxygen atoms in total. The first-order chi connectivity index (χ1) is 11.4. The molecule has 1 aromatic carbocycles. The number of ether oxygens (including phenoxy) is 1. The molecule has 0 atom stereocenters. The zero-order chi connectivity index (χ0) is 17.4. The van der Waals surface area contributed by atoms with Crippen LogP contribution in [0.25, 0.3) is 0 Å². The minimum atomic E-state index is -1.16. The Morgan fingerprint density at radius 1 is 1.17 bits per heavy atom.